The normalized spacial score (nSPS) is 10.4. The molecule has 2 rings (SSSR count). The molecule has 2 aromatic heterocycles. The van der Waals surface area contributed by atoms with Gasteiger partial charge in [-0.2, -0.15) is 0 Å². The van der Waals surface area contributed by atoms with E-state index in [0.717, 1.165) is 25.7 Å². The quantitative estimate of drug-likeness (QED) is 0.767. The summed E-state index contributed by atoms with van der Waals surface area (Å²) in [6.45, 7) is 0. The molecule has 106 valence electrons. The lowest BCUT2D eigenvalue weighted by atomic mass is 10.1. The number of nitrogens with zero attached hydrogens (tertiary/aromatic N) is 1. The smallest absolute Gasteiger partial charge is 0.224 e. The van der Waals surface area contributed by atoms with Crippen LogP contribution < -0.4 is 11.1 Å². The van der Waals surface area contributed by atoms with E-state index in [-0.39, 0.29) is 5.91 Å². The number of aromatic nitrogens is 1. The van der Waals surface area contributed by atoms with Crippen LogP contribution in [0.4, 0.5) is 11.5 Å². The largest absolute Gasteiger partial charge is 0.384 e. The van der Waals surface area contributed by atoms with Crippen LogP contribution in [-0.2, 0) is 11.2 Å². The molecule has 3 N–H and O–H groups in total. The number of hydrogen-bond acceptors (Lipinski definition) is 4. The van der Waals surface area contributed by atoms with Crippen LogP contribution in [0.1, 0.15) is 30.6 Å². The monoisotopic (exact) mass is 289 g/mol. The highest BCUT2D eigenvalue weighted by Crippen LogP contribution is 2.14. The Morgan fingerprint density at radius 2 is 2.15 bits per heavy atom. The minimum atomic E-state index is 0.0349. The molecule has 0 fully saturated rings. The number of aryl methyl sites for hydroxylation is 1. The molecule has 0 aliphatic carbocycles. The predicted octanol–water partition coefficient (Wildman–Crippen LogP) is 3.47. The Morgan fingerprint density at radius 3 is 2.85 bits per heavy atom. The Kier molecular flexibility index (Phi) is 5.55. The van der Waals surface area contributed by atoms with Gasteiger partial charge in [0.2, 0.25) is 5.91 Å². The van der Waals surface area contributed by atoms with Crippen LogP contribution in [0.3, 0.4) is 0 Å². The number of carbonyl (C=O) groups is 1. The molecule has 0 saturated heterocycles. The predicted molar refractivity (Wildman–Crippen MR) is 83.8 cm³/mol. The van der Waals surface area contributed by atoms with Gasteiger partial charge in [0, 0.05) is 11.3 Å². The number of hydrogen-bond donors (Lipinski definition) is 2. The summed E-state index contributed by atoms with van der Waals surface area (Å²) in [5, 5.41) is 4.92. The van der Waals surface area contributed by atoms with Crippen molar-refractivity contribution >= 4 is 28.7 Å². The van der Waals surface area contributed by atoms with Crippen LogP contribution in [-0.4, -0.2) is 10.9 Å². The zero-order chi connectivity index (χ0) is 14.2. The van der Waals surface area contributed by atoms with Crippen molar-refractivity contribution in [3.63, 3.8) is 0 Å². The summed E-state index contributed by atoms with van der Waals surface area (Å²) in [6.07, 6.45) is 6.36. The van der Waals surface area contributed by atoms with Crippen LogP contribution >= 0.6 is 11.3 Å². The molecule has 0 radical (unpaired) electrons. The third-order valence-corrected chi connectivity index (χ3v) is 3.91. The summed E-state index contributed by atoms with van der Waals surface area (Å²) in [5.41, 5.74) is 6.19. The molecule has 0 atom stereocenters. The van der Waals surface area contributed by atoms with Gasteiger partial charge in [-0.25, -0.2) is 4.98 Å². The molecular formula is C15H19N3OS. The summed E-state index contributed by atoms with van der Waals surface area (Å²) in [5.74, 6) is 0.490. The van der Waals surface area contributed by atoms with Gasteiger partial charge in [-0.1, -0.05) is 12.5 Å². The number of unbranched alkanes of at least 4 members (excludes halogenated alkanes) is 2. The maximum absolute atomic E-state index is 11.7. The summed E-state index contributed by atoms with van der Waals surface area (Å²) in [6, 6.07) is 7.67. The van der Waals surface area contributed by atoms with E-state index < -0.39 is 0 Å². The van der Waals surface area contributed by atoms with Crippen molar-refractivity contribution in [1.29, 1.82) is 0 Å². The molecule has 0 saturated carbocycles. The number of nitrogens with one attached hydrogen (secondary N) is 1. The highest BCUT2D eigenvalue weighted by molar-refractivity contribution is 7.09. The molecular weight excluding hydrogens is 270 g/mol. The van der Waals surface area contributed by atoms with Gasteiger partial charge < -0.3 is 11.1 Å². The number of rotatable bonds is 7. The first-order valence-electron chi connectivity index (χ1n) is 6.78. The molecule has 1 amide bonds. The topological polar surface area (TPSA) is 68.0 Å². The summed E-state index contributed by atoms with van der Waals surface area (Å²) in [4.78, 5) is 17.1. The fourth-order valence-corrected chi connectivity index (χ4v) is 2.67. The number of thiophene rings is 1. The molecule has 4 nitrogen and oxygen atoms in total. The van der Waals surface area contributed by atoms with Crippen molar-refractivity contribution in [2.45, 2.75) is 32.1 Å². The Hall–Kier alpha value is -1.88. The van der Waals surface area contributed by atoms with Crippen molar-refractivity contribution in [2.75, 3.05) is 11.1 Å². The molecule has 0 aliphatic rings. The molecule has 2 aromatic rings. The van der Waals surface area contributed by atoms with E-state index in [2.05, 4.69) is 27.8 Å². The molecule has 0 unspecified atom stereocenters. The summed E-state index contributed by atoms with van der Waals surface area (Å²) >= 11 is 1.79. The summed E-state index contributed by atoms with van der Waals surface area (Å²) < 4.78 is 0. The third-order valence-electron chi connectivity index (χ3n) is 2.98. The van der Waals surface area contributed by atoms with E-state index in [9.17, 15) is 4.79 Å². The molecule has 0 bridgehead atoms. The minimum Gasteiger partial charge on any atom is -0.384 e. The van der Waals surface area contributed by atoms with Gasteiger partial charge in [-0.15, -0.1) is 11.3 Å². The van der Waals surface area contributed by atoms with Gasteiger partial charge in [0.25, 0.3) is 0 Å². The number of nitrogens with two attached hydrogens (primary N) is 1. The fourth-order valence-electron chi connectivity index (χ4n) is 1.92. The van der Waals surface area contributed by atoms with Crippen LogP contribution in [0.5, 0.6) is 0 Å². The first-order valence-corrected chi connectivity index (χ1v) is 7.66. The molecule has 2 heterocycles. The molecule has 0 aliphatic heterocycles. The van der Waals surface area contributed by atoms with Crippen molar-refractivity contribution in [1.82, 2.24) is 4.98 Å². The van der Waals surface area contributed by atoms with E-state index in [1.165, 1.54) is 4.88 Å². The molecule has 5 heteroatoms. The lowest BCUT2D eigenvalue weighted by Crippen LogP contribution is -2.11. The van der Waals surface area contributed by atoms with Gasteiger partial charge in [-0.05, 0) is 42.8 Å². The average molecular weight is 289 g/mol. The first kappa shape index (κ1) is 14.5. The standard InChI is InChI=1S/C15H19N3OS/c16-14-9-8-12(11-17-14)18-15(19)7-3-1-2-5-13-6-4-10-20-13/h4,6,8-11H,1-3,5,7H2,(H2,16,17)(H,18,19). The second kappa shape index (κ2) is 7.65. The van der Waals surface area contributed by atoms with Crippen LogP contribution in [0.2, 0.25) is 0 Å². The zero-order valence-electron chi connectivity index (χ0n) is 11.3. The third kappa shape index (κ3) is 5.01. The van der Waals surface area contributed by atoms with E-state index in [1.54, 1.807) is 29.7 Å². The Bertz CT molecular complexity index is 523. The fraction of sp³-hybridized carbons (Fsp3) is 0.333. The van der Waals surface area contributed by atoms with Crippen molar-refractivity contribution in [2.24, 2.45) is 0 Å². The van der Waals surface area contributed by atoms with Crippen LogP contribution in [0.25, 0.3) is 0 Å². The summed E-state index contributed by atoms with van der Waals surface area (Å²) in [7, 11) is 0. The van der Waals surface area contributed by atoms with Gasteiger partial charge in [0.1, 0.15) is 5.82 Å². The Morgan fingerprint density at radius 1 is 1.25 bits per heavy atom. The molecule has 20 heavy (non-hydrogen) atoms. The van der Waals surface area contributed by atoms with Gasteiger partial charge in [-0.3, -0.25) is 4.79 Å². The van der Waals surface area contributed by atoms with E-state index in [1.807, 2.05) is 0 Å². The van der Waals surface area contributed by atoms with Gasteiger partial charge in [0.05, 0.1) is 11.9 Å². The highest BCUT2D eigenvalue weighted by Gasteiger charge is 2.02. The van der Waals surface area contributed by atoms with Crippen molar-refractivity contribution in [3.8, 4) is 0 Å². The maximum Gasteiger partial charge on any atom is 0.224 e. The number of anilines is 2. The zero-order valence-corrected chi connectivity index (χ0v) is 12.2. The van der Waals surface area contributed by atoms with E-state index in [4.69, 9.17) is 5.73 Å². The van der Waals surface area contributed by atoms with E-state index >= 15 is 0 Å². The van der Waals surface area contributed by atoms with Crippen LogP contribution in [0, 0.1) is 0 Å². The van der Waals surface area contributed by atoms with E-state index in [0.29, 0.717) is 17.9 Å². The first-order chi connectivity index (χ1) is 9.74. The highest BCUT2D eigenvalue weighted by atomic mass is 32.1. The molecule has 0 spiro atoms. The maximum atomic E-state index is 11.7. The number of pyridine rings is 1. The number of carbonyl (C=O) groups excluding carboxylic acids is 1. The van der Waals surface area contributed by atoms with Gasteiger partial charge >= 0.3 is 0 Å². The van der Waals surface area contributed by atoms with Crippen molar-refractivity contribution < 1.29 is 4.79 Å². The lowest BCUT2D eigenvalue weighted by Gasteiger charge is -2.05. The second-order valence-electron chi connectivity index (χ2n) is 4.66. The number of amides is 1. The SMILES string of the molecule is Nc1ccc(NC(=O)CCCCCc2cccs2)cn1. The van der Waals surface area contributed by atoms with Gasteiger partial charge in [0.15, 0.2) is 0 Å². The molecule has 0 aromatic carbocycles. The Balaban J connectivity index is 1.59. The van der Waals surface area contributed by atoms with Crippen LogP contribution in [0.15, 0.2) is 35.8 Å². The second-order valence-corrected chi connectivity index (χ2v) is 5.69. The minimum absolute atomic E-state index is 0.0349. The number of nitrogen functional groups attached to an aromatic ring is 1. The Labute approximate surface area is 123 Å². The average Bonchev–Trinajstić information content (AvgIpc) is 2.94. The lowest BCUT2D eigenvalue weighted by molar-refractivity contribution is -0.116. The van der Waals surface area contributed by atoms with Crippen molar-refractivity contribution in [3.05, 3.63) is 40.7 Å².